The molecule has 2 aliphatic rings. The van der Waals surface area contributed by atoms with Crippen LogP contribution in [0.4, 0.5) is 8.78 Å². The van der Waals surface area contributed by atoms with Gasteiger partial charge in [-0.05, 0) is 42.2 Å². The number of benzene rings is 2. The summed E-state index contributed by atoms with van der Waals surface area (Å²) in [6.45, 7) is 4.38. The number of pyridine rings is 1. The lowest BCUT2D eigenvalue weighted by molar-refractivity contribution is 0.0341. The summed E-state index contributed by atoms with van der Waals surface area (Å²) in [6, 6.07) is 16.2. The van der Waals surface area contributed by atoms with Crippen molar-refractivity contribution in [2.24, 2.45) is 4.99 Å². The third-order valence-corrected chi connectivity index (χ3v) is 6.14. The summed E-state index contributed by atoms with van der Waals surface area (Å²) in [5.41, 5.74) is 4.71. The molecule has 5 rings (SSSR count). The Hall–Kier alpha value is -2.96. The molecule has 3 heterocycles. The van der Waals surface area contributed by atoms with Crippen molar-refractivity contribution in [3.05, 3.63) is 89.1 Å². The number of ether oxygens (including phenoxy) is 1. The summed E-state index contributed by atoms with van der Waals surface area (Å²) in [5, 5.41) is 0. The summed E-state index contributed by atoms with van der Waals surface area (Å²) in [4.78, 5) is 11.6. The van der Waals surface area contributed by atoms with E-state index in [2.05, 4.69) is 27.0 Å². The van der Waals surface area contributed by atoms with Crippen molar-refractivity contribution < 1.29 is 13.5 Å². The molecule has 0 spiro atoms. The average molecular weight is 434 g/mol. The molecule has 164 valence electrons. The minimum absolute atomic E-state index is 0.00740. The van der Waals surface area contributed by atoms with Crippen molar-refractivity contribution in [2.45, 2.75) is 25.4 Å². The summed E-state index contributed by atoms with van der Waals surface area (Å²) < 4.78 is 33.6. The molecule has 2 aliphatic heterocycles. The zero-order valence-corrected chi connectivity index (χ0v) is 17.8. The van der Waals surface area contributed by atoms with Crippen LogP contribution in [-0.4, -0.2) is 41.9 Å². The highest BCUT2D eigenvalue weighted by Gasteiger charge is 2.24. The SMILES string of the molecule is Fc1cccc(F)c1C1=NC(c2ccc(-c3ccc(CN4CCOCC4)cn3)cc2)CC1. The fraction of sp³-hybridized carbons (Fsp3) is 0.308. The van der Waals surface area contributed by atoms with E-state index in [1.54, 1.807) is 0 Å². The van der Waals surface area contributed by atoms with Gasteiger partial charge < -0.3 is 4.74 Å². The molecule has 0 radical (unpaired) electrons. The van der Waals surface area contributed by atoms with Crippen molar-refractivity contribution in [3.8, 4) is 11.3 Å². The van der Waals surface area contributed by atoms with Crippen LogP contribution in [0.1, 0.15) is 35.6 Å². The molecular formula is C26H25F2N3O. The number of rotatable bonds is 5. The van der Waals surface area contributed by atoms with Crippen molar-refractivity contribution in [1.29, 1.82) is 0 Å². The molecule has 4 nitrogen and oxygen atoms in total. The number of hydrogen-bond acceptors (Lipinski definition) is 4. The molecule has 0 bridgehead atoms. The van der Waals surface area contributed by atoms with Crippen molar-refractivity contribution in [1.82, 2.24) is 9.88 Å². The van der Waals surface area contributed by atoms with Crippen LogP contribution in [0.5, 0.6) is 0 Å². The quantitative estimate of drug-likeness (QED) is 0.556. The highest BCUT2D eigenvalue weighted by molar-refractivity contribution is 6.02. The Morgan fingerprint density at radius 1 is 0.938 bits per heavy atom. The number of hydrogen-bond donors (Lipinski definition) is 0. The van der Waals surface area contributed by atoms with Crippen molar-refractivity contribution in [2.75, 3.05) is 26.3 Å². The first-order valence-electron chi connectivity index (χ1n) is 11.0. The second-order valence-electron chi connectivity index (χ2n) is 8.29. The Balaban J connectivity index is 1.28. The lowest BCUT2D eigenvalue weighted by atomic mass is 10.0. The van der Waals surface area contributed by atoms with Crippen LogP contribution in [0.25, 0.3) is 11.3 Å². The molecule has 6 heteroatoms. The fourth-order valence-electron chi connectivity index (χ4n) is 4.38. The molecule has 1 aromatic heterocycles. The van der Waals surface area contributed by atoms with Gasteiger partial charge in [-0.1, -0.05) is 36.4 Å². The van der Waals surface area contributed by atoms with E-state index in [1.165, 1.54) is 23.8 Å². The lowest BCUT2D eigenvalue weighted by Crippen LogP contribution is -2.35. The van der Waals surface area contributed by atoms with Gasteiger partial charge >= 0.3 is 0 Å². The standard InChI is InChI=1S/C26H25F2N3O/c27-21-2-1-3-22(28)26(21)25-11-10-24(30-25)20-7-5-19(6-8-20)23-9-4-18(16-29-23)17-31-12-14-32-15-13-31/h1-9,16,24H,10-15,17H2. The molecule has 3 aromatic rings. The molecule has 2 aromatic carbocycles. The molecular weight excluding hydrogens is 408 g/mol. The maximum Gasteiger partial charge on any atom is 0.135 e. The van der Waals surface area contributed by atoms with Crippen molar-refractivity contribution in [3.63, 3.8) is 0 Å². The van der Waals surface area contributed by atoms with Crippen LogP contribution in [0.3, 0.4) is 0 Å². The molecule has 1 atom stereocenters. The van der Waals surface area contributed by atoms with Gasteiger partial charge in [0.1, 0.15) is 11.6 Å². The van der Waals surface area contributed by atoms with E-state index in [-0.39, 0.29) is 11.6 Å². The Bertz CT molecular complexity index is 1090. The first-order valence-corrected chi connectivity index (χ1v) is 11.0. The normalized spacial score (nSPS) is 19.2. The Labute approximate surface area is 186 Å². The monoisotopic (exact) mass is 433 g/mol. The van der Waals surface area contributed by atoms with E-state index in [4.69, 9.17) is 4.74 Å². The largest absolute Gasteiger partial charge is 0.379 e. The number of nitrogens with zero attached hydrogens (tertiary/aromatic N) is 3. The first kappa shape index (κ1) is 20.9. The van der Waals surface area contributed by atoms with Gasteiger partial charge in [0, 0.05) is 37.1 Å². The Kier molecular flexibility index (Phi) is 6.06. The van der Waals surface area contributed by atoms with Crippen LogP contribution >= 0.6 is 0 Å². The zero-order chi connectivity index (χ0) is 21.9. The van der Waals surface area contributed by atoms with Gasteiger partial charge in [0.25, 0.3) is 0 Å². The van der Waals surface area contributed by atoms with Crippen LogP contribution in [0, 0.1) is 11.6 Å². The molecule has 0 amide bonds. The maximum absolute atomic E-state index is 14.1. The second kappa shape index (κ2) is 9.27. The second-order valence-corrected chi connectivity index (χ2v) is 8.29. The smallest absolute Gasteiger partial charge is 0.135 e. The van der Waals surface area contributed by atoms with Gasteiger partial charge in [-0.2, -0.15) is 0 Å². The highest BCUT2D eigenvalue weighted by Crippen LogP contribution is 2.33. The van der Waals surface area contributed by atoms with Crippen molar-refractivity contribution >= 4 is 5.71 Å². The van der Waals surface area contributed by atoms with Crippen LogP contribution < -0.4 is 0 Å². The first-order chi connectivity index (χ1) is 15.7. The number of aliphatic imine (C=N–C) groups is 1. The van der Waals surface area contributed by atoms with Gasteiger partial charge in [-0.25, -0.2) is 8.78 Å². The predicted octanol–water partition coefficient (Wildman–Crippen LogP) is 5.18. The summed E-state index contributed by atoms with van der Waals surface area (Å²) in [7, 11) is 0. The maximum atomic E-state index is 14.1. The number of morpholine rings is 1. The van der Waals surface area contributed by atoms with Gasteiger partial charge in [-0.3, -0.25) is 14.9 Å². The molecule has 0 aliphatic carbocycles. The average Bonchev–Trinajstić information content (AvgIpc) is 3.30. The van der Waals surface area contributed by atoms with Gasteiger partial charge in [-0.15, -0.1) is 0 Å². The zero-order valence-electron chi connectivity index (χ0n) is 17.8. The molecule has 1 unspecified atom stereocenters. The summed E-state index contributed by atoms with van der Waals surface area (Å²) in [5.74, 6) is -1.11. The van der Waals surface area contributed by atoms with Crippen LogP contribution in [-0.2, 0) is 11.3 Å². The molecule has 0 N–H and O–H groups in total. The lowest BCUT2D eigenvalue weighted by Gasteiger charge is -2.26. The van der Waals surface area contributed by atoms with E-state index in [9.17, 15) is 8.78 Å². The number of halogens is 2. The molecule has 0 saturated carbocycles. The van der Waals surface area contributed by atoms with Gasteiger partial charge in [0.05, 0.1) is 30.5 Å². The van der Waals surface area contributed by atoms with E-state index in [0.29, 0.717) is 12.1 Å². The van der Waals surface area contributed by atoms with E-state index in [1.807, 2.05) is 30.5 Å². The topological polar surface area (TPSA) is 37.7 Å². The minimum atomic E-state index is -0.553. The summed E-state index contributed by atoms with van der Waals surface area (Å²) in [6.07, 6.45) is 3.25. The van der Waals surface area contributed by atoms with Crippen LogP contribution in [0.2, 0.25) is 0 Å². The van der Waals surface area contributed by atoms with E-state index >= 15 is 0 Å². The van der Waals surface area contributed by atoms with Gasteiger partial charge in [0.15, 0.2) is 0 Å². The molecule has 1 saturated heterocycles. The Morgan fingerprint density at radius 3 is 2.38 bits per heavy atom. The molecule has 1 fully saturated rings. The number of aromatic nitrogens is 1. The fourth-order valence-corrected chi connectivity index (χ4v) is 4.38. The minimum Gasteiger partial charge on any atom is -0.379 e. The molecule has 32 heavy (non-hydrogen) atoms. The predicted molar refractivity (Wildman–Crippen MR) is 121 cm³/mol. The Morgan fingerprint density at radius 2 is 1.69 bits per heavy atom. The van der Waals surface area contributed by atoms with E-state index in [0.717, 1.165) is 56.1 Å². The summed E-state index contributed by atoms with van der Waals surface area (Å²) >= 11 is 0. The third-order valence-electron chi connectivity index (χ3n) is 6.14. The van der Waals surface area contributed by atoms with Gasteiger partial charge in [0.2, 0.25) is 0 Å². The van der Waals surface area contributed by atoms with Crippen LogP contribution in [0.15, 0.2) is 65.8 Å². The highest BCUT2D eigenvalue weighted by atomic mass is 19.1. The van der Waals surface area contributed by atoms with E-state index < -0.39 is 11.6 Å². The third kappa shape index (κ3) is 4.47.